The molecule has 7 nitrogen and oxygen atoms in total. The number of carboxylic acid groups (broad SMARTS) is 1. The van der Waals surface area contributed by atoms with Crippen molar-refractivity contribution in [1.82, 2.24) is 10.6 Å². The van der Waals surface area contributed by atoms with Gasteiger partial charge in [0.05, 0.1) is 0 Å². The molecule has 0 saturated carbocycles. The second-order valence-electron chi connectivity index (χ2n) is 4.95. The van der Waals surface area contributed by atoms with E-state index in [4.69, 9.17) is 10.8 Å². The number of nitrogens with two attached hydrogens (primary N) is 1. The molecule has 0 bridgehead atoms. The van der Waals surface area contributed by atoms with Gasteiger partial charge in [-0.3, -0.25) is 4.79 Å². The number of carbonyl (C=O) groups is 3. The van der Waals surface area contributed by atoms with Gasteiger partial charge in [0.25, 0.3) is 5.91 Å². The van der Waals surface area contributed by atoms with Gasteiger partial charge in [0.15, 0.2) is 0 Å². The van der Waals surface area contributed by atoms with E-state index in [1.807, 2.05) is 0 Å². The highest BCUT2D eigenvalue weighted by Crippen LogP contribution is 2.07. The van der Waals surface area contributed by atoms with Gasteiger partial charge in [-0.25, -0.2) is 9.59 Å². The van der Waals surface area contributed by atoms with Gasteiger partial charge in [0.1, 0.15) is 6.04 Å². The van der Waals surface area contributed by atoms with E-state index in [2.05, 4.69) is 10.6 Å². The van der Waals surface area contributed by atoms with E-state index in [9.17, 15) is 14.4 Å². The molecule has 1 aromatic carbocycles. The molecule has 0 radical (unpaired) electrons. The Morgan fingerprint density at radius 3 is 2.19 bits per heavy atom. The van der Waals surface area contributed by atoms with E-state index in [1.54, 1.807) is 38.1 Å². The summed E-state index contributed by atoms with van der Waals surface area (Å²) in [6.07, 6.45) is 0. The lowest BCUT2D eigenvalue weighted by Gasteiger charge is -2.17. The summed E-state index contributed by atoms with van der Waals surface area (Å²) in [6.45, 7) is 3.70. The van der Waals surface area contributed by atoms with Crippen LogP contribution in [0.1, 0.15) is 29.8 Å². The fourth-order valence-corrected chi connectivity index (χ4v) is 1.70. The van der Waals surface area contributed by atoms with Crippen molar-refractivity contribution in [2.24, 2.45) is 11.7 Å². The normalized spacial score (nSPS) is 11.8. The lowest BCUT2D eigenvalue weighted by atomic mass is 10.0. The van der Waals surface area contributed by atoms with Crippen LogP contribution in [0.4, 0.5) is 4.79 Å². The van der Waals surface area contributed by atoms with E-state index >= 15 is 0 Å². The van der Waals surface area contributed by atoms with Gasteiger partial charge >= 0.3 is 12.0 Å². The van der Waals surface area contributed by atoms with Gasteiger partial charge in [-0.15, -0.1) is 0 Å². The molecule has 0 aliphatic rings. The fourth-order valence-electron chi connectivity index (χ4n) is 1.70. The van der Waals surface area contributed by atoms with E-state index in [0.717, 1.165) is 5.56 Å². The van der Waals surface area contributed by atoms with Crippen molar-refractivity contribution in [2.45, 2.75) is 26.4 Å². The Morgan fingerprint density at radius 1 is 1.19 bits per heavy atom. The Balaban J connectivity index is 2.70. The first kappa shape index (κ1) is 16.5. The van der Waals surface area contributed by atoms with Gasteiger partial charge in [0, 0.05) is 12.1 Å². The highest BCUT2D eigenvalue weighted by atomic mass is 16.4. The molecule has 114 valence electrons. The molecular formula is C14H19N3O4. The monoisotopic (exact) mass is 293 g/mol. The van der Waals surface area contributed by atoms with E-state index in [1.165, 1.54) is 0 Å². The predicted octanol–water partition coefficient (Wildman–Crippen LogP) is 0.694. The highest BCUT2D eigenvalue weighted by molar-refractivity contribution is 5.96. The minimum Gasteiger partial charge on any atom is -0.480 e. The molecule has 1 unspecified atom stereocenters. The fraction of sp³-hybridized carbons (Fsp3) is 0.357. The molecule has 0 fully saturated rings. The van der Waals surface area contributed by atoms with Gasteiger partial charge in [-0.05, 0) is 23.6 Å². The molecule has 0 aliphatic carbocycles. The van der Waals surface area contributed by atoms with Crippen molar-refractivity contribution in [3.05, 3.63) is 35.4 Å². The summed E-state index contributed by atoms with van der Waals surface area (Å²) in [6, 6.07) is 4.89. The van der Waals surface area contributed by atoms with Crippen LogP contribution in [0.2, 0.25) is 0 Å². The molecular weight excluding hydrogens is 274 g/mol. The van der Waals surface area contributed by atoms with Gasteiger partial charge in [-0.1, -0.05) is 26.0 Å². The van der Waals surface area contributed by atoms with Crippen LogP contribution in [-0.4, -0.2) is 29.1 Å². The zero-order chi connectivity index (χ0) is 16.0. The second kappa shape index (κ2) is 7.28. The smallest absolute Gasteiger partial charge is 0.326 e. The van der Waals surface area contributed by atoms with Crippen molar-refractivity contribution >= 4 is 17.9 Å². The number of benzene rings is 1. The first-order chi connectivity index (χ1) is 9.81. The maximum Gasteiger partial charge on any atom is 0.326 e. The topological polar surface area (TPSA) is 122 Å². The number of hydrogen-bond acceptors (Lipinski definition) is 3. The van der Waals surface area contributed by atoms with E-state index < -0.39 is 23.9 Å². The molecule has 0 heterocycles. The summed E-state index contributed by atoms with van der Waals surface area (Å²) >= 11 is 0. The van der Waals surface area contributed by atoms with Crippen molar-refractivity contribution in [1.29, 1.82) is 0 Å². The number of rotatable bonds is 6. The molecule has 21 heavy (non-hydrogen) atoms. The molecule has 1 atom stereocenters. The minimum absolute atomic E-state index is 0.217. The second-order valence-corrected chi connectivity index (χ2v) is 4.95. The number of amides is 3. The Bertz CT molecular complexity index is 526. The number of carbonyl (C=O) groups excluding carboxylic acids is 2. The lowest BCUT2D eigenvalue weighted by Crippen LogP contribution is -2.44. The van der Waals surface area contributed by atoms with Crippen LogP contribution < -0.4 is 16.4 Å². The third-order valence-corrected chi connectivity index (χ3v) is 2.90. The van der Waals surface area contributed by atoms with Crippen molar-refractivity contribution in [3.8, 4) is 0 Å². The molecule has 3 amide bonds. The molecule has 0 spiro atoms. The van der Waals surface area contributed by atoms with Crippen LogP contribution in [0.15, 0.2) is 24.3 Å². The summed E-state index contributed by atoms with van der Waals surface area (Å²) in [7, 11) is 0. The molecule has 1 rings (SSSR count). The number of nitrogens with one attached hydrogen (secondary N) is 2. The van der Waals surface area contributed by atoms with Crippen LogP contribution in [0.5, 0.6) is 0 Å². The molecule has 7 heteroatoms. The quantitative estimate of drug-likeness (QED) is 0.616. The maximum absolute atomic E-state index is 12.0. The van der Waals surface area contributed by atoms with Gasteiger partial charge < -0.3 is 21.5 Å². The zero-order valence-electron chi connectivity index (χ0n) is 11.9. The Kier molecular flexibility index (Phi) is 5.71. The van der Waals surface area contributed by atoms with E-state index in [-0.39, 0.29) is 12.5 Å². The predicted molar refractivity (Wildman–Crippen MR) is 76.6 cm³/mol. The largest absolute Gasteiger partial charge is 0.480 e. The van der Waals surface area contributed by atoms with Crippen LogP contribution in [0.3, 0.4) is 0 Å². The molecule has 5 N–H and O–H groups in total. The number of aliphatic carboxylic acids is 1. The molecule has 0 saturated heterocycles. The Hall–Kier alpha value is -2.57. The average molecular weight is 293 g/mol. The van der Waals surface area contributed by atoms with E-state index in [0.29, 0.717) is 5.56 Å². The van der Waals surface area contributed by atoms with Crippen LogP contribution in [0, 0.1) is 5.92 Å². The first-order valence-corrected chi connectivity index (χ1v) is 6.47. The standard InChI is InChI=1S/C14H19N3O4/c1-8(2)11(13(19)20)17-12(18)10-5-3-9(4-6-10)7-16-14(15)21/h3-6,8,11H,7H2,1-2H3,(H,17,18)(H,19,20)(H3,15,16,21). The Labute approximate surface area is 122 Å². The van der Waals surface area contributed by atoms with Crippen molar-refractivity contribution in [3.63, 3.8) is 0 Å². The van der Waals surface area contributed by atoms with Crippen LogP contribution in [0.25, 0.3) is 0 Å². The SMILES string of the molecule is CC(C)C(NC(=O)c1ccc(CNC(N)=O)cc1)C(=O)O. The highest BCUT2D eigenvalue weighted by Gasteiger charge is 2.23. The van der Waals surface area contributed by atoms with Gasteiger partial charge in [-0.2, -0.15) is 0 Å². The summed E-state index contributed by atoms with van der Waals surface area (Å²) in [5, 5.41) is 13.9. The first-order valence-electron chi connectivity index (χ1n) is 6.47. The summed E-state index contributed by atoms with van der Waals surface area (Å²) in [5.41, 5.74) is 6.09. The van der Waals surface area contributed by atoms with Crippen molar-refractivity contribution < 1.29 is 19.5 Å². The van der Waals surface area contributed by atoms with Gasteiger partial charge in [0.2, 0.25) is 0 Å². The third kappa shape index (κ3) is 5.13. The average Bonchev–Trinajstić information content (AvgIpc) is 2.42. The summed E-state index contributed by atoms with van der Waals surface area (Å²) < 4.78 is 0. The van der Waals surface area contributed by atoms with Crippen molar-refractivity contribution in [2.75, 3.05) is 0 Å². The van der Waals surface area contributed by atoms with Crippen LogP contribution in [-0.2, 0) is 11.3 Å². The summed E-state index contributed by atoms with van der Waals surface area (Å²) in [5.74, 6) is -1.74. The molecule has 0 aromatic heterocycles. The minimum atomic E-state index is -1.07. The number of hydrogen-bond donors (Lipinski definition) is 4. The van der Waals surface area contributed by atoms with Crippen LogP contribution >= 0.6 is 0 Å². The third-order valence-electron chi connectivity index (χ3n) is 2.90. The zero-order valence-corrected chi connectivity index (χ0v) is 11.9. The molecule has 1 aromatic rings. The lowest BCUT2D eigenvalue weighted by molar-refractivity contribution is -0.140. The Morgan fingerprint density at radius 2 is 1.76 bits per heavy atom. The number of urea groups is 1. The maximum atomic E-state index is 12.0. The summed E-state index contributed by atoms with van der Waals surface area (Å²) in [4.78, 5) is 33.6. The number of primary amides is 1. The molecule has 0 aliphatic heterocycles. The number of carboxylic acids is 1.